The maximum atomic E-state index is 3.98. The molecule has 0 aromatic rings. The molecule has 0 fully saturated rings. The molecule has 16 heavy (non-hydrogen) atoms. The van der Waals surface area contributed by atoms with Crippen molar-refractivity contribution in [3.63, 3.8) is 0 Å². The van der Waals surface area contributed by atoms with Gasteiger partial charge in [-0.15, -0.1) is 0 Å². The summed E-state index contributed by atoms with van der Waals surface area (Å²) in [5.74, 6) is 0. The first-order valence-electron chi connectivity index (χ1n) is 5.82. The van der Waals surface area contributed by atoms with Crippen LogP contribution >= 0.6 is 0 Å². The quantitative estimate of drug-likeness (QED) is 0.396. The minimum Gasteiger partial charge on any atom is -0.0991 e. The monoisotopic (exact) mass is 216 g/mol. The molecule has 0 saturated heterocycles. The summed E-state index contributed by atoms with van der Waals surface area (Å²) in [7, 11) is 0. The molecule has 0 radical (unpaired) electrons. The summed E-state index contributed by atoms with van der Waals surface area (Å²) < 4.78 is 0. The zero-order chi connectivity index (χ0) is 12.4. The first-order chi connectivity index (χ1) is 7.56. The second-order valence-corrected chi connectivity index (χ2v) is 4.33. The standard InChI is InChI=1S/C16H24/c1-6-7-10-15(4)12-13-16(5)11-8-9-14(2)3/h6-7,9-10,13H,1,4,8,11-12H2,2-3,5H3/b10-7-,16-13+. The summed E-state index contributed by atoms with van der Waals surface area (Å²) >= 11 is 0. The Morgan fingerprint density at radius 3 is 2.38 bits per heavy atom. The molecule has 0 saturated carbocycles. The van der Waals surface area contributed by atoms with Crippen LogP contribution in [0.3, 0.4) is 0 Å². The predicted octanol–water partition coefficient (Wildman–Crippen LogP) is 5.37. The second kappa shape index (κ2) is 8.96. The van der Waals surface area contributed by atoms with Crippen molar-refractivity contribution >= 4 is 0 Å². The van der Waals surface area contributed by atoms with Crippen molar-refractivity contribution in [1.29, 1.82) is 0 Å². The topological polar surface area (TPSA) is 0 Å². The Balaban J connectivity index is 3.95. The maximum absolute atomic E-state index is 3.98. The van der Waals surface area contributed by atoms with Gasteiger partial charge in [0.05, 0.1) is 0 Å². The van der Waals surface area contributed by atoms with E-state index in [0.29, 0.717) is 0 Å². The van der Waals surface area contributed by atoms with E-state index in [-0.39, 0.29) is 0 Å². The van der Waals surface area contributed by atoms with Gasteiger partial charge in [0, 0.05) is 0 Å². The van der Waals surface area contributed by atoms with Crippen LogP contribution in [0.15, 0.2) is 60.3 Å². The molecule has 0 atom stereocenters. The van der Waals surface area contributed by atoms with E-state index in [1.165, 1.54) is 11.1 Å². The maximum Gasteiger partial charge on any atom is -0.0101 e. The Labute approximate surface area is 101 Å². The molecular formula is C16H24. The largest absolute Gasteiger partial charge is 0.0991 e. The van der Waals surface area contributed by atoms with E-state index in [9.17, 15) is 0 Å². The lowest BCUT2D eigenvalue weighted by atomic mass is 10.1. The fourth-order valence-electron chi connectivity index (χ4n) is 1.27. The zero-order valence-electron chi connectivity index (χ0n) is 10.9. The lowest BCUT2D eigenvalue weighted by molar-refractivity contribution is 0.956. The molecule has 0 aliphatic heterocycles. The van der Waals surface area contributed by atoms with Crippen LogP contribution in [0, 0.1) is 0 Å². The van der Waals surface area contributed by atoms with E-state index in [2.05, 4.69) is 46.1 Å². The summed E-state index contributed by atoms with van der Waals surface area (Å²) in [6, 6.07) is 0. The summed E-state index contributed by atoms with van der Waals surface area (Å²) in [5.41, 5.74) is 3.96. The Morgan fingerprint density at radius 2 is 1.81 bits per heavy atom. The smallest absolute Gasteiger partial charge is 0.0101 e. The normalized spacial score (nSPS) is 11.6. The van der Waals surface area contributed by atoms with E-state index in [1.807, 2.05) is 12.2 Å². The van der Waals surface area contributed by atoms with Gasteiger partial charge in [-0.1, -0.05) is 60.3 Å². The van der Waals surface area contributed by atoms with Crippen molar-refractivity contribution in [3.05, 3.63) is 60.3 Å². The van der Waals surface area contributed by atoms with Crippen molar-refractivity contribution in [2.75, 3.05) is 0 Å². The molecule has 0 rings (SSSR count). The third kappa shape index (κ3) is 9.26. The van der Waals surface area contributed by atoms with Crippen molar-refractivity contribution < 1.29 is 0 Å². The van der Waals surface area contributed by atoms with Gasteiger partial charge < -0.3 is 0 Å². The van der Waals surface area contributed by atoms with Crippen LogP contribution in [0.1, 0.15) is 40.0 Å². The average Bonchev–Trinajstić information content (AvgIpc) is 2.23. The van der Waals surface area contributed by atoms with Gasteiger partial charge in [-0.25, -0.2) is 0 Å². The highest BCUT2D eigenvalue weighted by molar-refractivity contribution is 5.21. The molecule has 0 aromatic carbocycles. The van der Waals surface area contributed by atoms with Crippen LogP contribution in [-0.4, -0.2) is 0 Å². The second-order valence-electron chi connectivity index (χ2n) is 4.33. The first-order valence-corrected chi connectivity index (χ1v) is 5.82. The fraction of sp³-hybridized carbons (Fsp3) is 0.375. The molecule has 0 aliphatic rings. The van der Waals surface area contributed by atoms with Crippen LogP contribution < -0.4 is 0 Å². The number of rotatable bonds is 7. The van der Waals surface area contributed by atoms with E-state index in [4.69, 9.17) is 0 Å². The van der Waals surface area contributed by atoms with Gasteiger partial charge in [-0.2, -0.15) is 0 Å². The molecule has 0 N–H and O–H groups in total. The molecule has 0 amide bonds. The molecule has 0 unspecified atom stereocenters. The third-order valence-corrected chi connectivity index (χ3v) is 2.27. The predicted molar refractivity (Wildman–Crippen MR) is 75.5 cm³/mol. The van der Waals surface area contributed by atoms with Gasteiger partial charge in [-0.05, 0) is 40.0 Å². The molecule has 0 aromatic heterocycles. The number of hydrogen-bond donors (Lipinski definition) is 0. The highest BCUT2D eigenvalue weighted by atomic mass is 14.0. The van der Waals surface area contributed by atoms with Crippen LogP contribution in [0.2, 0.25) is 0 Å². The Hall–Kier alpha value is -1.30. The molecule has 88 valence electrons. The Kier molecular flexibility index (Phi) is 8.24. The van der Waals surface area contributed by atoms with Crippen LogP contribution in [0.5, 0.6) is 0 Å². The molecule has 0 heterocycles. The first kappa shape index (κ1) is 14.7. The van der Waals surface area contributed by atoms with Crippen molar-refractivity contribution in [1.82, 2.24) is 0 Å². The fourth-order valence-corrected chi connectivity index (χ4v) is 1.27. The van der Waals surface area contributed by atoms with Gasteiger partial charge >= 0.3 is 0 Å². The van der Waals surface area contributed by atoms with Gasteiger partial charge in [-0.3, -0.25) is 0 Å². The SMILES string of the molecule is C=C/C=C\C(=C)C/C=C(\C)CCC=C(C)C. The highest BCUT2D eigenvalue weighted by Gasteiger charge is 1.90. The average molecular weight is 216 g/mol. The summed E-state index contributed by atoms with van der Waals surface area (Å²) in [5, 5.41) is 0. The highest BCUT2D eigenvalue weighted by Crippen LogP contribution is 2.10. The molecule has 0 spiro atoms. The summed E-state index contributed by atoms with van der Waals surface area (Å²) in [6.07, 6.45) is 13.5. The van der Waals surface area contributed by atoms with Gasteiger partial charge in [0.25, 0.3) is 0 Å². The molecule has 0 nitrogen and oxygen atoms in total. The molecule has 0 bridgehead atoms. The summed E-state index contributed by atoms with van der Waals surface area (Å²) in [4.78, 5) is 0. The van der Waals surface area contributed by atoms with Crippen LogP contribution in [-0.2, 0) is 0 Å². The van der Waals surface area contributed by atoms with Crippen LogP contribution in [0.25, 0.3) is 0 Å². The van der Waals surface area contributed by atoms with E-state index >= 15 is 0 Å². The molecule has 0 heteroatoms. The van der Waals surface area contributed by atoms with E-state index < -0.39 is 0 Å². The molecular weight excluding hydrogens is 192 g/mol. The van der Waals surface area contributed by atoms with Crippen molar-refractivity contribution in [2.24, 2.45) is 0 Å². The Morgan fingerprint density at radius 1 is 1.12 bits per heavy atom. The van der Waals surface area contributed by atoms with Gasteiger partial charge in [0.1, 0.15) is 0 Å². The van der Waals surface area contributed by atoms with E-state index in [1.54, 1.807) is 6.08 Å². The number of hydrogen-bond acceptors (Lipinski definition) is 0. The third-order valence-electron chi connectivity index (χ3n) is 2.27. The Bertz CT molecular complexity index is 307. The lowest BCUT2D eigenvalue weighted by Crippen LogP contribution is -1.79. The lowest BCUT2D eigenvalue weighted by Gasteiger charge is -1.99. The number of allylic oxidation sites excluding steroid dienone is 8. The zero-order valence-corrected chi connectivity index (χ0v) is 10.9. The van der Waals surface area contributed by atoms with Crippen molar-refractivity contribution in [3.8, 4) is 0 Å². The van der Waals surface area contributed by atoms with E-state index in [0.717, 1.165) is 24.8 Å². The van der Waals surface area contributed by atoms with Gasteiger partial charge in [0.2, 0.25) is 0 Å². The van der Waals surface area contributed by atoms with Crippen LogP contribution in [0.4, 0.5) is 0 Å². The molecule has 0 aliphatic carbocycles. The minimum atomic E-state index is 0.936. The van der Waals surface area contributed by atoms with Gasteiger partial charge in [0.15, 0.2) is 0 Å². The van der Waals surface area contributed by atoms with Crippen molar-refractivity contribution in [2.45, 2.75) is 40.0 Å². The summed E-state index contributed by atoms with van der Waals surface area (Å²) in [6.45, 7) is 14.1. The minimum absolute atomic E-state index is 0.936.